The number of anilines is 1. The standard InChI is InChI=1S/C18H14ClN5O3S/c19-11-5-4-8-13(9-11)24-16(26)14(15(25)22-18(24)27)10-20-23-17(28)21-12-6-2-1-3-7-12/h1-10,26H,(H2,21,23,28)(H,22,25,27)/b20-10+. The number of aromatic hydroxyl groups is 1. The van der Waals surface area contributed by atoms with Gasteiger partial charge in [0.05, 0.1) is 11.9 Å². The van der Waals surface area contributed by atoms with Crippen molar-refractivity contribution in [3.8, 4) is 11.6 Å². The van der Waals surface area contributed by atoms with Crippen LogP contribution in [0.4, 0.5) is 5.69 Å². The number of halogens is 1. The second-order valence-electron chi connectivity index (χ2n) is 5.50. The SMILES string of the molecule is O=c1[nH]c(=O)n(-c2cccc(Cl)c2)c(O)c1/C=N/NC(=S)Nc1ccccc1. The Morgan fingerprint density at radius 3 is 2.64 bits per heavy atom. The van der Waals surface area contributed by atoms with Gasteiger partial charge in [0.1, 0.15) is 5.56 Å². The number of benzene rings is 2. The average Bonchev–Trinajstić information content (AvgIpc) is 2.65. The van der Waals surface area contributed by atoms with E-state index in [0.29, 0.717) is 5.02 Å². The molecule has 0 radical (unpaired) electrons. The van der Waals surface area contributed by atoms with Crippen molar-refractivity contribution in [2.75, 3.05) is 5.32 Å². The number of aromatic nitrogens is 2. The maximum atomic E-state index is 12.1. The van der Waals surface area contributed by atoms with Crippen LogP contribution in [-0.4, -0.2) is 26.0 Å². The summed E-state index contributed by atoms with van der Waals surface area (Å²) in [5, 5.41) is 17.7. The van der Waals surface area contributed by atoms with E-state index in [0.717, 1.165) is 16.5 Å². The van der Waals surface area contributed by atoms with Crippen LogP contribution < -0.4 is 22.0 Å². The van der Waals surface area contributed by atoms with Gasteiger partial charge >= 0.3 is 5.69 Å². The number of nitrogens with one attached hydrogen (secondary N) is 3. The molecule has 0 spiro atoms. The lowest BCUT2D eigenvalue weighted by Gasteiger charge is -2.10. The van der Waals surface area contributed by atoms with Gasteiger partial charge in [-0.3, -0.25) is 15.2 Å². The Balaban J connectivity index is 1.85. The lowest BCUT2D eigenvalue weighted by molar-refractivity contribution is 0.430. The molecule has 0 bridgehead atoms. The Kier molecular flexibility index (Phi) is 5.87. The van der Waals surface area contributed by atoms with Gasteiger partial charge in [-0.1, -0.05) is 35.9 Å². The van der Waals surface area contributed by atoms with Gasteiger partial charge in [0, 0.05) is 10.7 Å². The summed E-state index contributed by atoms with van der Waals surface area (Å²) in [6.45, 7) is 0. The van der Waals surface area contributed by atoms with Crippen molar-refractivity contribution in [2.45, 2.75) is 0 Å². The third kappa shape index (κ3) is 4.45. The quantitative estimate of drug-likeness (QED) is 0.295. The van der Waals surface area contributed by atoms with Crippen LogP contribution in [0, 0.1) is 0 Å². The molecule has 28 heavy (non-hydrogen) atoms. The molecule has 0 aliphatic carbocycles. The number of para-hydroxylation sites is 1. The Bertz CT molecular complexity index is 1160. The van der Waals surface area contributed by atoms with Gasteiger partial charge in [-0.25, -0.2) is 9.36 Å². The zero-order valence-electron chi connectivity index (χ0n) is 14.2. The van der Waals surface area contributed by atoms with Crippen LogP contribution in [0.2, 0.25) is 5.02 Å². The molecule has 3 aromatic rings. The topological polar surface area (TPSA) is 112 Å². The smallest absolute Gasteiger partial charge is 0.335 e. The van der Waals surface area contributed by atoms with E-state index in [4.69, 9.17) is 23.8 Å². The first kappa shape index (κ1) is 19.3. The number of H-pyrrole nitrogens is 1. The van der Waals surface area contributed by atoms with Gasteiger partial charge in [0.2, 0.25) is 5.88 Å². The highest BCUT2D eigenvalue weighted by Gasteiger charge is 2.14. The van der Waals surface area contributed by atoms with Crippen LogP contribution in [0.15, 0.2) is 69.3 Å². The first-order valence-corrected chi connectivity index (χ1v) is 8.73. The fourth-order valence-electron chi connectivity index (χ4n) is 2.35. The van der Waals surface area contributed by atoms with Gasteiger partial charge in [-0.15, -0.1) is 0 Å². The first-order valence-electron chi connectivity index (χ1n) is 7.95. The van der Waals surface area contributed by atoms with E-state index in [1.54, 1.807) is 18.2 Å². The van der Waals surface area contributed by atoms with Gasteiger partial charge in [-0.2, -0.15) is 5.10 Å². The second kappa shape index (κ2) is 8.51. The summed E-state index contributed by atoms with van der Waals surface area (Å²) in [7, 11) is 0. The van der Waals surface area contributed by atoms with Gasteiger partial charge in [0.25, 0.3) is 5.56 Å². The fourth-order valence-corrected chi connectivity index (χ4v) is 2.70. The molecule has 1 heterocycles. The van der Waals surface area contributed by atoms with E-state index in [-0.39, 0.29) is 16.4 Å². The van der Waals surface area contributed by atoms with E-state index < -0.39 is 17.1 Å². The molecule has 0 atom stereocenters. The minimum atomic E-state index is -0.809. The zero-order chi connectivity index (χ0) is 20.1. The second-order valence-corrected chi connectivity index (χ2v) is 6.35. The maximum Gasteiger partial charge on any atom is 0.335 e. The third-order valence-electron chi connectivity index (χ3n) is 3.58. The molecule has 0 fully saturated rings. The van der Waals surface area contributed by atoms with Crippen LogP contribution in [-0.2, 0) is 0 Å². The predicted octanol–water partition coefficient (Wildman–Crippen LogP) is 2.21. The lowest BCUT2D eigenvalue weighted by Crippen LogP contribution is -2.31. The molecule has 4 N–H and O–H groups in total. The predicted molar refractivity (Wildman–Crippen MR) is 113 cm³/mol. The van der Waals surface area contributed by atoms with E-state index >= 15 is 0 Å². The van der Waals surface area contributed by atoms with E-state index in [1.807, 2.05) is 30.3 Å². The summed E-state index contributed by atoms with van der Waals surface area (Å²) < 4.78 is 0.912. The molecule has 0 aliphatic heterocycles. The van der Waals surface area contributed by atoms with Crippen molar-refractivity contribution < 1.29 is 5.11 Å². The van der Waals surface area contributed by atoms with Crippen LogP contribution in [0.3, 0.4) is 0 Å². The van der Waals surface area contributed by atoms with Crippen molar-refractivity contribution in [1.82, 2.24) is 15.0 Å². The molecule has 0 amide bonds. The highest BCUT2D eigenvalue weighted by atomic mass is 35.5. The van der Waals surface area contributed by atoms with Crippen molar-refractivity contribution in [1.29, 1.82) is 0 Å². The molecule has 0 aliphatic rings. The Hall–Kier alpha value is -3.43. The van der Waals surface area contributed by atoms with Crippen molar-refractivity contribution in [3.05, 3.63) is 86.0 Å². The molecule has 0 saturated heterocycles. The Morgan fingerprint density at radius 2 is 1.93 bits per heavy atom. The minimum absolute atomic E-state index is 0.182. The highest BCUT2D eigenvalue weighted by Crippen LogP contribution is 2.18. The van der Waals surface area contributed by atoms with Crippen molar-refractivity contribution in [3.63, 3.8) is 0 Å². The van der Waals surface area contributed by atoms with Crippen LogP contribution in [0.5, 0.6) is 5.88 Å². The molecule has 8 nitrogen and oxygen atoms in total. The number of nitrogens with zero attached hydrogens (tertiary/aromatic N) is 2. The normalized spacial score (nSPS) is 10.8. The summed E-state index contributed by atoms with van der Waals surface area (Å²) in [5.41, 5.74) is 1.74. The molecule has 1 aromatic heterocycles. The molecule has 142 valence electrons. The van der Waals surface area contributed by atoms with E-state index in [2.05, 4.69) is 20.8 Å². The van der Waals surface area contributed by atoms with Gasteiger partial charge < -0.3 is 10.4 Å². The number of hydrazone groups is 1. The number of hydrogen-bond donors (Lipinski definition) is 4. The number of rotatable bonds is 4. The lowest BCUT2D eigenvalue weighted by atomic mass is 10.3. The minimum Gasteiger partial charge on any atom is -0.493 e. The monoisotopic (exact) mass is 415 g/mol. The molecule has 0 unspecified atom stereocenters. The molecule has 2 aromatic carbocycles. The van der Waals surface area contributed by atoms with Crippen molar-refractivity contribution >= 4 is 40.8 Å². The molecular weight excluding hydrogens is 402 g/mol. The Labute approximate surface area is 169 Å². The summed E-state index contributed by atoms with van der Waals surface area (Å²) in [5.74, 6) is -0.580. The van der Waals surface area contributed by atoms with Gasteiger partial charge in [-0.05, 0) is 42.5 Å². The van der Waals surface area contributed by atoms with Crippen molar-refractivity contribution in [2.24, 2.45) is 5.10 Å². The summed E-state index contributed by atoms with van der Waals surface area (Å²) >= 11 is 11.0. The third-order valence-corrected chi connectivity index (χ3v) is 4.01. The average molecular weight is 416 g/mol. The summed E-state index contributed by atoms with van der Waals surface area (Å²) in [6.07, 6.45) is 1.06. The molecule has 10 heteroatoms. The first-order chi connectivity index (χ1) is 13.5. The van der Waals surface area contributed by atoms with E-state index in [9.17, 15) is 14.7 Å². The molecule has 0 saturated carbocycles. The van der Waals surface area contributed by atoms with Crippen LogP contribution >= 0.6 is 23.8 Å². The van der Waals surface area contributed by atoms with Crippen LogP contribution in [0.25, 0.3) is 5.69 Å². The fraction of sp³-hybridized carbons (Fsp3) is 0. The molecule has 3 rings (SSSR count). The van der Waals surface area contributed by atoms with Gasteiger partial charge in [0.15, 0.2) is 5.11 Å². The highest BCUT2D eigenvalue weighted by molar-refractivity contribution is 7.80. The number of aromatic amines is 1. The largest absolute Gasteiger partial charge is 0.493 e. The van der Waals surface area contributed by atoms with Crippen LogP contribution in [0.1, 0.15) is 5.56 Å². The molecular formula is C18H14ClN5O3S. The number of thiocarbonyl (C=S) groups is 1. The summed E-state index contributed by atoms with van der Waals surface area (Å²) in [4.78, 5) is 26.3. The zero-order valence-corrected chi connectivity index (χ0v) is 15.8. The maximum absolute atomic E-state index is 12.1. The number of hydrogen-bond acceptors (Lipinski definition) is 5. The Morgan fingerprint density at radius 1 is 1.18 bits per heavy atom. The van der Waals surface area contributed by atoms with E-state index in [1.165, 1.54) is 6.07 Å². The summed E-state index contributed by atoms with van der Waals surface area (Å²) in [6, 6.07) is 15.4.